The van der Waals surface area contributed by atoms with E-state index in [0.717, 1.165) is 11.1 Å². The van der Waals surface area contributed by atoms with Gasteiger partial charge in [0.2, 0.25) is 20.7 Å². The van der Waals surface area contributed by atoms with Crippen LogP contribution < -0.4 is 4.74 Å². The van der Waals surface area contributed by atoms with E-state index in [1.165, 1.54) is 24.3 Å². The fourth-order valence-electron chi connectivity index (χ4n) is 2.23. The molecule has 0 spiro atoms. The van der Waals surface area contributed by atoms with Crippen molar-refractivity contribution in [1.29, 1.82) is 0 Å². The van der Waals surface area contributed by atoms with Crippen molar-refractivity contribution >= 4 is 15.8 Å². The van der Waals surface area contributed by atoms with E-state index in [-0.39, 0.29) is 15.7 Å². The van der Waals surface area contributed by atoms with Crippen molar-refractivity contribution in [3.05, 3.63) is 77.6 Å². The van der Waals surface area contributed by atoms with Crippen LogP contribution in [0, 0.1) is 13.8 Å². The first-order chi connectivity index (χ1) is 11.9. The zero-order chi connectivity index (χ0) is 18.0. The van der Waals surface area contributed by atoms with E-state index in [1.807, 2.05) is 13.0 Å². The normalized spacial score (nSPS) is 11.3. The van der Waals surface area contributed by atoms with Crippen LogP contribution in [0.2, 0.25) is 0 Å². The van der Waals surface area contributed by atoms with Gasteiger partial charge in [0.1, 0.15) is 5.75 Å². The van der Waals surface area contributed by atoms with Gasteiger partial charge in [-0.2, -0.15) is 0 Å². The summed E-state index contributed by atoms with van der Waals surface area (Å²) in [5.74, 6) is -0.527. The SMILES string of the molecule is Cc1ccc(S(=O)(=O)c2ccc(C(=O)Oc3ccccc3C)o2)cc1. The molecule has 1 heterocycles. The van der Waals surface area contributed by atoms with E-state index in [4.69, 9.17) is 9.15 Å². The van der Waals surface area contributed by atoms with Crippen LogP contribution in [0.15, 0.2) is 75.1 Å². The number of hydrogen-bond donors (Lipinski definition) is 0. The van der Waals surface area contributed by atoms with Gasteiger partial charge >= 0.3 is 5.97 Å². The molecule has 0 aliphatic heterocycles. The summed E-state index contributed by atoms with van der Waals surface area (Å²) >= 11 is 0. The first-order valence-corrected chi connectivity index (χ1v) is 9.05. The minimum atomic E-state index is -3.82. The van der Waals surface area contributed by atoms with Crippen LogP contribution in [0.4, 0.5) is 0 Å². The van der Waals surface area contributed by atoms with Crippen LogP contribution in [0.25, 0.3) is 0 Å². The van der Waals surface area contributed by atoms with Gasteiger partial charge in [-0.25, -0.2) is 13.2 Å². The molecule has 128 valence electrons. The van der Waals surface area contributed by atoms with Gasteiger partial charge in [-0.05, 0) is 49.7 Å². The summed E-state index contributed by atoms with van der Waals surface area (Å²) in [6.45, 7) is 3.67. The summed E-state index contributed by atoms with van der Waals surface area (Å²) < 4.78 is 35.6. The van der Waals surface area contributed by atoms with Crippen molar-refractivity contribution in [3.8, 4) is 5.75 Å². The largest absolute Gasteiger partial charge is 0.437 e. The topological polar surface area (TPSA) is 73.6 Å². The molecule has 0 fully saturated rings. The molecule has 0 radical (unpaired) electrons. The molecule has 3 rings (SSSR count). The third kappa shape index (κ3) is 3.49. The maximum atomic E-state index is 12.5. The molecular formula is C19H16O5S. The van der Waals surface area contributed by atoms with Gasteiger partial charge in [0.25, 0.3) is 0 Å². The number of hydrogen-bond acceptors (Lipinski definition) is 5. The van der Waals surface area contributed by atoms with Crippen LogP contribution in [-0.4, -0.2) is 14.4 Å². The maximum absolute atomic E-state index is 12.5. The molecule has 2 aromatic carbocycles. The number of sulfone groups is 1. The zero-order valence-electron chi connectivity index (χ0n) is 13.7. The zero-order valence-corrected chi connectivity index (χ0v) is 14.5. The van der Waals surface area contributed by atoms with E-state index in [9.17, 15) is 13.2 Å². The summed E-state index contributed by atoms with van der Waals surface area (Å²) in [6, 6.07) is 16.0. The second-order valence-corrected chi connectivity index (χ2v) is 7.47. The Morgan fingerprint density at radius 2 is 1.60 bits per heavy atom. The molecule has 0 N–H and O–H groups in total. The molecule has 6 heteroatoms. The van der Waals surface area contributed by atoms with Crippen molar-refractivity contribution in [2.75, 3.05) is 0 Å². The van der Waals surface area contributed by atoms with Crippen LogP contribution in [0.3, 0.4) is 0 Å². The number of carbonyl (C=O) groups excluding carboxylic acids is 1. The molecule has 0 amide bonds. The second-order valence-electron chi connectivity index (χ2n) is 5.59. The summed E-state index contributed by atoms with van der Waals surface area (Å²) in [5.41, 5.74) is 1.73. The lowest BCUT2D eigenvalue weighted by molar-refractivity contribution is 0.0694. The van der Waals surface area contributed by atoms with Gasteiger partial charge in [-0.3, -0.25) is 0 Å². The summed E-state index contributed by atoms with van der Waals surface area (Å²) in [4.78, 5) is 12.3. The Morgan fingerprint density at radius 3 is 2.28 bits per heavy atom. The van der Waals surface area contributed by atoms with Gasteiger partial charge in [0, 0.05) is 0 Å². The van der Waals surface area contributed by atoms with Crippen LogP contribution >= 0.6 is 0 Å². The average Bonchev–Trinajstić information content (AvgIpc) is 3.08. The van der Waals surface area contributed by atoms with Crippen molar-refractivity contribution < 1.29 is 22.4 Å². The Morgan fingerprint density at radius 1 is 0.920 bits per heavy atom. The monoisotopic (exact) mass is 356 g/mol. The predicted octanol–water partition coefficient (Wildman–Crippen LogP) is 3.95. The fraction of sp³-hybridized carbons (Fsp3) is 0.105. The molecule has 25 heavy (non-hydrogen) atoms. The van der Waals surface area contributed by atoms with Crippen LogP contribution in [-0.2, 0) is 9.84 Å². The standard InChI is InChI=1S/C19H16O5S/c1-13-7-9-15(10-8-13)25(21,22)18-12-11-17(23-18)19(20)24-16-6-4-3-5-14(16)2/h3-12H,1-2H3. The molecule has 0 saturated carbocycles. The molecule has 0 bridgehead atoms. The van der Waals surface area contributed by atoms with E-state index in [1.54, 1.807) is 37.3 Å². The lowest BCUT2D eigenvalue weighted by Gasteiger charge is -2.05. The lowest BCUT2D eigenvalue weighted by Crippen LogP contribution is -2.08. The summed E-state index contributed by atoms with van der Waals surface area (Å²) in [7, 11) is -3.82. The minimum absolute atomic E-state index is 0.103. The summed E-state index contributed by atoms with van der Waals surface area (Å²) in [6.07, 6.45) is 0. The molecular weight excluding hydrogens is 340 g/mol. The highest BCUT2D eigenvalue weighted by molar-refractivity contribution is 7.91. The minimum Gasteiger partial charge on any atom is -0.437 e. The van der Waals surface area contributed by atoms with E-state index in [0.29, 0.717) is 5.75 Å². The number of aryl methyl sites for hydroxylation is 2. The Labute approximate surface area is 145 Å². The molecule has 3 aromatic rings. The van der Waals surface area contributed by atoms with E-state index in [2.05, 4.69) is 0 Å². The Balaban J connectivity index is 1.85. The van der Waals surface area contributed by atoms with Crippen molar-refractivity contribution in [1.82, 2.24) is 0 Å². The summed E-state index contributed by atoms with van der Waals surface area (Å²) in [5, 5.41) is -0.298. The average molecular weight is 356 g/mol. The molecule has 5 nitrogen and oxygen atoms in total. The van der Waals surface area contributed by atoms with Crippen LogP contribution in [0.1, 0.15) is 21.7 Å². The van der Waals surface area contributed by atoms with E-state index >= 15 is 0 Å². The number of para-hydroxylation sites is 1. The number of furan rings is 1. The Bertz CT molecular complexity index is 1010. The first-order valence-electron chi connectivity index (χ1n) is 7.57. The Hall–Kier alpha value is -2.86. The van der Waals surface area contributed by atoms with Crippen molar-refractivity contribution in [2.24, 2.45) is 0 Å². The third-order valence-electron chi connectivity index (χ3n) is 3.67. The number of benzene rings is 2. The maximum Gasteiger partial charge on any atom is 0.379 e. The molecule has 1 aromatic heterocycles. The number of rotatable bonds is 4. The third-order valence-corrected chi connectivity index (χ3v) is 5.32. The highest BCUT2D eigenvalue weighted by Crippen LogP contribution is 2.24. The molecule has 0 aliphatic rings. The number of ether oxygens (including phenoxy) is 1. The smallest absolute Gasteiger partial charge is 0.379 e. The van der Waals surface area contributed by atoms with Gasteiger partial charge in [0.05, 0.1) is 4.90 Å². The number of esters is 1. The van der Waals surface area contributed by atoms with Gasteiger partial charge < -0.3 is 9.15 Å². The van der Waals surface area contributed by atoms with Crippen LogP contribution in [0.5, 0.6) is 5.75 Å². The van der Waals surface area contributed by atoms with Crippen molar-refractivity contribution in [2.45, 2.75) is 23.8 Å². The fourth-order valence-corrected chi connectivity index (χ4v) is 3.40. The highest BCUT2D eigenvalue weighted by Gasteiger charge is 2.24. The molecule has 0 unspecified atom stereocenters. The highest BCUT2D eigenvalue weighted by atomic mass is 32.2. The molecule has 0 atom stereocenters. The number of carbonyl (C=O) groups is 1. The first kappa shape index (κ1) is 17.0. The van der Waals surface area contributed by atoms with Gasteiger partial charge in [-0.1, -0.05) is 35.9 Å². The lowest BCUT2D eigenvalue weighted by atomic mass is 10.2. The van der Waals surface area contributed by atoms with Gasteiger partial charge in [-0.15, -0.1) is 0 Å². The quantitative estimate of drug-likeness (QED) is 0.523. The van der Waals surface area contributed by atoms with Crippen molar-refractivity contribution in [3.63, 3.8) is 0 Å². The second kappa shape index (κ2) is 6.57. The Kier molecular flexibility index (Phi) is 4.46. The van der Waals surface area contributed by atoms with E-state index < -0.39 is 15.8 Å². The molecule has 0 aliphatic carbocycles. The van der Waals surface area contributed by atoms with Gasteiger partial charge in [0.15, 0.2) is 0 Å². The molecule has 0 saturated heterocycles. The predicted molar refractivity (Wildman–Crippen MR) is 91.5 cm³/mol.